The molecular weight excluding hydrogens is 262 g/mol. The Morgan fingerprint density at radius 1 is 1.06 bits per heavy atom. The third-order valence-electron chi connectivity index (χ3n) is 2.06. The zero-order valence-corrected chi connectivity index (χ0v) is 9.79. The molecule has 0 amide bonds. The summed E-state index contributed by atoms with van der Waals surface area (Å²) in [6.45, 7) is 0. The Kier molecular flexibility index (Phi) is 3.24. The molecule has 0 aliphatic heterocycles. The van der Waals surface area contributed by atoms with Crippen LogP contribution >= 0.6 is 0 Å². The van der Waals surface area contributed by atoms with Gasteiger partial charge in [-0.2, -0.15) is 4.39 Å². The Morgan fingerprint density at radius 3 is 2.44 bits per heavy atom. The van der Waals surface area contributed by atoms with E-state index in [1.807, 2.05) is 0 Å². The Labute approximate surface area is 102 Å². The number of nitrogens with zero attached hydrogens (tertiary/aromatic N) is 1. The van der Waals surface area contributed by atoms with Crippen molar-refractivity contribution in [3.63, 3.8) is 0 Å². The van der Waals surface area contributed by atoms with Crippen LogP contribution in [0, 0.1) is 11.8 Å². The molecule has 0 spiro atoms. The van der Waals surface area contributed by atoms with E-state index in [2.05, 4.69) is 9.71 Å². The number of sulfonamides is 1. The van der Waals surface area contributed by atoms with Crippen molar-refractivity contribution < 1.29 is 17.2 Å². The largest absolute Gasteiger partial charge is 0.263 e. The van der Waals surface area contributed by atoms with Gasteiger partial charge in [0.1, 0.15) is 11.6 Å². The normalized spacial score (nSPS) is 11.2. The van der Waals surface area contributed by atoms with E-state index in [4.69, 9.17) is 0 Å². The van der Waals surface area contributed by atoms with Gasteiger partial charge in [0.05, 0.1) is 4.90 Å². The minimum atomic E-state index is -3.97. The highest BCUT2D eigenvalue weighted by Crippen LogP contribution is 2.15. The fourth-order valence-electron chi connectivity index (χ4n) is 1.30. The zero-order valence-electron chi connectivity index (χ0n) is 8.97. The summed E-state index contributed by atoms with van der Waals surface area (Å²) in [5, 5.41) is 0. The van der Waals surface area contributed by atoms with Crippen LogP contribution in [-0.4, -0.2) is 13.4 Å². The van der Waals surface area contributed by atoms with Gasteiger partial charge in [-0.3, -0.25) is 4.72 Å². The van der Waals surface area contributed by atoms with Gasteiger partial charge < -0.3 is 0 Å². The zero-order chi connectivity index (χ0) is 13.2. The first-order valence-corrected chi connectivity index (χ1v) is 6.37. The maximum Gasteiger partial charge on any atom is 0.263 e. The van der Waals surface area contributed by atoms with Crippen molar-refractivity contribution in [2.24, 2.45) is 0 Å². The minimum absolute atomic E-state index is 0.167. The molecule has 1 aromatic heterocycles. The van der Waals surface area contributed by atoms with Crippen LogP contribution in [0.3, 0.4) is 0 Å². The van der Waals surface area contributed by atoms with Crippen molar-refractivity contribution in [3.8, 4) is 0 Å². The molecule has 0 saturated heterocycles. The molecule has 0 saturated carbocycles. The number of aromatic nitrogens is 1. The molecule has 0 aliphatic rings. The third-order valence-corrected chi connectivity index (χ3v) is 3.41. The Morgan fingerprint density at radius 2 is 1.78 bits per heavy atom. The predicted octanol–water partition coefficient (Wildman–Crippen LogP) is 2.16. The molecule has 0 aliphatic carbocycles. The summed E-state index contributed by atoms with van der Waals surface area (Å²) >= 11 is 0. The van der Waals surface area contributed by atoms with Crippen molar-refractivity contribution in [3.05, 3.63) is 54.2 Å². The van der Waals surface area contributed by atoms with Gasteiger partial charge in [-0.15, -0.1) is 0 Å². The van der Waals surface area contributed by atoms with E-state index in [1.165, 1.54) is 24.3 Å². The molecule has 1 N–H and O–H groups in total. The number of hydrogen-bond donors (Lipinski definition) is 1. The lowest BCUT2D eigenvalue weighted by Crippen LogP contribution is -2.14. The van der Waals surface area contributed by atoms with Crippen LogP contribution in [0.4, 0.5) is 14.6 Å². The number of nitrogens with one attached hydrogen (secondary N) is 1. The van der Waals surface area contributed by atoms with Crippen LogP contribution in [0.1, 0.15) is 0 Å². The van der Waals surface area contributed by atoms with Crippen LogP contribution in [0.25, 0.3) is 0 Å². The lowest BCUT2D eigenvalue weighted by molar-refractivity contribution is 0.584. The van der Waals surface area contributed by atoms with Gasteiger partial charge in [-0.25, -0.2) is 17.8 Å². The number of benzene rings is 1. The molecule has 0 fully saturated rings. The lowest BCUT2D eigenvalue weighted by atomic mass is 10.4. The average molecular weight is 270 g/mol. The number of rotatable bonds is 3. The molecule has 0 radical (unpaired) electrons. The number of anilines is 1. The van der Waals surface area contributed by atoms with Crippen LogP contribution in [0.2, 0.25) is 0 Å². The second-order valence-electron chi connectivity index (χ2n) is 3.41. The van der Waals surface area contributed by atoms with E-state index in [1.54, 1.807) is 0 Å². The summed E-state index contributed by atoms with van der Waals surface area (Å²) in [7, 11) is -3.97. The predicted molar refractivity (Wildman–Crippen MR) is 61.4 cm³/mol. The molecule has 94 valence electrons. The summed E-state index contributed by atoms with van der Waals surface area (Å²) in [6.07, 6.45) is 0. The fraction of sp³-hybridized carbons (Fsp3) is 0. The summed E-state index contributed by atoms with van der Waals surface area (Å²) in [6, 6.07) is 8.17. The van der Waals surface area contributed by atoms with E-state index in [9.17, 15) is 17.2 Å². The van der Waals surface area contributed by atoms with E-state index in [0.29, 0.717) is 0 Å². The first-order chi connectivity index (χ1) is 8.47. The third kappa shape index (κ3) is 2.80. The average Bonchev–Trinajstić information content (AvgIpc) is 2.28. The smallest absolute Gasteiger partial charge is 0.263 e. The van der Waals surface area contributed by atoms with E-state index >= 15 is 0 Å². The number of pyridine rings is 1. The number of halogens is 2. The molecular formula is C11H8F2N2O2S. The standard InChI is InChI=1S/C11H8F2N2O2S/c12-8-3-1-4-9(7-8)18(16,17)15-11-6-2-5-10(13)14-11/h1-7H,(H,14,15). The van der Waals surface area contributed by atoms with Crippen molar-refractivity contribution in [2.75, 3.05) is 4.72 Å². The first kappa shape index (κ1) is 12.4. The van der Waals surface area contributed by atoms with Gasteiger partial charge >= 0.3 is 0 Å². The SMILES string of the molecule is O=S(=O)(Nc1cccc(F)n1)c1cccc(F)c1. The maximum absolute atomic E-state index is 12.9. The number of hydrogen-bond acceptors (Lipinski definition) is 3. The molecule has 2 rings (SSSR count). The Balaban J connectivity index is 2.33. The van der Waals surface area contributed by atoms with Crippen LogP contribution in [0.5, 0.6) is 0 Å². The van der Waals surface area contributed by atoms with Crippen molar-refractivity contribution in [1.82, 2.24) is 4.98 Å². The van der Waals surface area contributed by atoms with Gasteiger partial charge in [0.25, 0.3) is 10.0 Å². The van der Waals surface area contributed by atoms with Crippen molar-refractivity contribution >= 4 is 15.8 Å². The van der Waals surface area contributed by atoms with Crippen LogP contribution in [0.15, 0.2) is 47.4 Å². The monoisotopic (exact) mass is 270 g/mol. The molecule has 4 nitrogen and oxygen atoms in total. The lowest BCUT2D eigenvalue weighted by Gasteiger charge is -2.07. The Hall–Kier alpha value is -2.02. The molecule has 0 atom stereocenters. The van der Waals surface area contributed by atoms with Crippen LogP contribution < -0.4 is 4.72 Å². The summed E-state index contributed by atoms with van der Waals surface area (Å²) in [5.41, 5.74) is 0. The summed E-state index contributed by atoms with van der Waals surface area (Å²) in [5.74, 6) is -1.65. The van der Waals surface area contributed by atoms with Gasteiger partial charge in [0.2, 0.25) is 5.95 Å². The molecule has 1 aromatic carbocycles. The quantitative estimate of drug-likeness (QED) is 0.869. The summed E-state index contributed by atoms with van der Waals surface area (Å²) < 4.78 is 51.4. The second kappa shape index (κ2) is 4.69. The van der Waals surface area contributed by atoms with Crippen molar-refractivity contribution in [2.45, 2.75) is 4.90 Å². The van der Waals surface area contributed by atoms with Gasteiger partial charge in [-0.1, -0.05) is 12.1 Å². The highest BCUT2D eigenvalue weighted by Gasteiger charge is 2.15. The van der Waals surface area contributed by atoms with E-state index < -0.39 is 21.8 Å². The molecule has 0 bridgehead atoms. The molecule has 0 unspecified atom stereocenters. The molecule has 1 heterocycles. The Bertz CT molecular complexity index is 674. The second-order valence-corrected chi connectivity index (χ2v) is 5.09. The molecule has 7 heteroatoms. The molecule has 18 heavy (non-hydrogen) atoms. The van der Waals surface area contributed by atoms with Gasteiger partial charge in [-0.05, 0) is 30.3 Å². The van der Waals surface area contributed by atoms with Crippen molar-refractivity contribution in [1.29, 1.82) is 0 Å². The minimum Gasteiger partial charge on any atom is -0.263 e. The highest BCUT2D eigenvalue weighted by molar-refractivity contribution is 7.92. The molecule has 2 aromatic rings. The fourth-order valence-corrected chi connectivity index (χ4v) is 2.33. The summed E-state index contributed by atoms with van der Waals surface area (Å²) in [4.78, 5) is 3.10. The maximum atomic E-state index is 12.9. The van der Waals surface area contributed by atoms with E-state index in [0.717, 1.165) is 18.2 Å². The van der Waals surface area contributed by atoms with Gasteiger partial charge in [0, 0.05) is 0 Å². The topological polar surface area (TPSA) is 59.1 Å². The highest BCUT2D eigenvalue weighted by atomic mass is 32.2. The van der Waals surface area contributed by atoms with Gasteiger partial charge in [0.15, 0.2) is 0 Å². The van der Waals surface area contributed by atoms with Crippen LogP contribution in [-0.2, 0) is 10.0 Å². The van der Waals surface area contributed by atoms with E-state index in [-0.39, 0.29) is 10.7 Å². The first-order valence-electron chi connectivity index (χ1n) is 4.88.